The monoisotopic (exact) mass is 506 g/mol. The zero-order valence-corrected chi connectivity index (χ0v) is 18.1. The molecule has 0 saturated carbocycles. The van der Waals surface area contributed by atoms with Crippen LogP contribution in [0.15, 0.2) is 0 Å². The number of hydrogen-bond acceptors (Lipinski definition) is 8. The van der Waals surface area contributed by atoms with Crippen molar-refractivity contribution in [3.63, 3.8) is 0 Å². The van der Waals surface area contributed by atoms with Crippen LogP contribution in [0, 0.1) is 11.3 Å². The van der Waals surface area contributed by atoms with Crippen molar-refractivity contribution in [3.05, 3.63) is 0 Å². The number of Topliss-reactive ketones (excluding diaryl/α,β-unsaturated/α-hetero) is 2. The first-order chi connectivity index (χ1) is 13.6. The van der Waals surface area contributed by atoms with Crippen molar-refractivity contribution in [2.75, 3.05) is 18.1 Å². The second kappa shape index (κ2) is 9.83. The molecule has 0 amide bonds. The Morgan fingerprint density at radius 1 is 0.806 bits per heavy atom. The fourth-order valence-electron chi connectivity index (χ4n) is 1.85. The third-order valence-electron chi connectivity index (χ3n) is 4.22. The Balaban J connectivity index is 5.70. The summed E-state index contributed by atoms with van der Waals surface area (Å²) in [5.74, 6) is -11.9. The van der Waals surface area contributed by atoms with Crippen molar-refractivity contribution >= 4 is 37.2 Å². The summed E-state index contributed by atoms with van der Waals surface area (Å²) in [6.45, 7) is 3.62. The van der Waals surface area contributed by atoms with Gasteiger partial charge in [-0.25, -0.2) is 16.8 Å². The normalized spacial score (nSPS) is 13.9. The molecule has 0 bridgehead atoms. The molecule has 0 fully saturated rings. The van der Waals surface area contributed by atoms with Crippen LogP contribution in [0.2, 0.25) is 0 Å². The number of alkyl halides is 6. The average molecular weight is 506 g/mol. The number of ether oxygens (including phenoxy) is 1. The highest BCUT2D eigenvalue weighted by molar-refractivity contribution is 7.93. The first-order valence-corrected chi connectivity index (χ1v) is 11.7. The molecule has 0 radical (unpaired) electrons. The van der Waals surface area contributed by atoms with Crippen molar-refractivity contribution in [3.8, 4) is 0 Å². The summed E-state index contributed by atoms with van der Waals surface area (Å²) in [5.41, 5.74) is -12.8. The quantitative estimate of drug-likeness (QED) is 0.236. The Labute approximate surface area is 174 Å². The van der Waals surface area contributed by atoms with Crippen LogP contribution in [0.4, 0.5) is 26.3 Å². The van der Waals surface area contributed by atoms with Gasteiger partial charge in [0.1, 0.15) is 11.5 Å². The van der Waals surface area contributed by atoms with Crippen LogP contribution in [0.25, 0.3) is 0 Å². The third-order valence-corrected chi connectivity index (χ3v) is 6.96. The summed E-state index contributed by atoms with van der Waals surface area (Å²) in [6.07, 6.45) is -0.745. The van der Waals surface area contributed by atoms with E-state index in [1.807, 2.05) is 0 Å². The van der Waals surface area contributed by atoms with Crippen molar-refractivity contribution in [1.82, 2.24) is 0 Å². The van der Waals surface area contributed by atoms with E-state index in [2.05, 4.69) is 0 Å². The van der Waals surface area contributed by atoms with Gasteiger partial charge in [0.2, 0.25) is 0 Å². The number of esters is 1. The first-order valence-electron chi connectivity index (χ1n) is 8.39. The van der Waals surface area contributed by atoms with Crippen LogP contribution < -0.4 is 0 Å². The van der Waals surface area contributed by atoms with Gasteiger partial charge in [-0.05, 0) is 26.7 Å². The summed E-state index contributed by atoms with van der Waals surface area (Å²) in [6, 6.07) is 0. The number of sulfone groups is 2. The molecule has 0 rings (SSSR count). The minimum atomic E-state index is -6.10. The maximum atomic E-state index is 12.5. The molecule has 0 aromatic heterocycles. The van der Waals surface area contributed by atoms with Crippen LogP contribution >= 0.6 is 0 Å². The van der Waals surface area contributed by atoms with E-state index in [4.69, 9.17) is 4.74 Å². The Kier molecular flexibility index (Phi) is 9.29. The Bertz CT molecular complexity index is 843. The molecule has 0 unspecified atom stereocenters. The maximum absolute atomic E-state index is 12.5. The zero-order chi connectivity index (χ0) is 25.1. The van der Waals surface area contributed by atoms with Gasteiger partial charge < -0.3 is 4.74 Å². The highest BCUT2D eigenvalue weighted by Crippen LogP contribution is 2.28. The van der Waals surface area contributed by atoms with E-state index >= 15 is 0 Å². The number of carbonyl (C=O) groups is 3. The SMILES string of the molecule is CCC(C)(C)C(=O)OCCC(C(=O)CS(=O)(=O)C(F)(F)F)C(=O)CS(=O)(=O)C(F)(F)F. The molecule has 0 atom stereocenters. The Morgan fingerprint density at radius 2 is 1.16 bits per heavy atom. The van der Waals surface area contributed by atoms with Gasteiger partial charge in [-0.1, -0.05) is 6.92 Å². The van der Waals surface area contributed by atoms with Gasteiger partial charge in [0.25, 0.3) is 19.7 Å². The third kappa shape index (κ3) is 8.05. The summed E-state index contributed by atoms with van der Waals surface area (Å²) in [4.78, 5) is 35.8. The molecule has 0 N–H and O–H groups in total. The summed E-state index contributed by atoms with van der Waals surface area (Å²) in [7, 11) is -12.2. The fourth-order valence-corrected chi connectivity index (χ4v) is 3.33. The minimum absolute atomic E-state index is 0.265. The topological polar surface area (TPSA) is 129 Å². The van der Waals surface area contributed by atoms with Crippen molar-refractivity contribution in [1.29, 1.82) is 0 Å². The fraction of sp³-hybridized carbons (Fsp3) is 0.800. The predicted octanol–water partition coefficient (Wildman–Crippen LogP) is 1.98. The molecule has 0 spiro atoms. The lowest BCUT2D eigenvalue weighted by Crippen LogP contribution is -2.40. The molecule has 182 valence electrons. The van der Waals surface area contributed by atoms with Crippen LogP contribution in [0.3, 0.4) is 0 Å². The van der Waals surface area contributed by atoms with Gasteiger partial charge in [0.05, 0.1) is 17.9 Å². The lowest BCUT2D eigenvalue weighted by molar-refractivity contribution is -0.155. The molecule has 0 aromatic carbocycles. The molecule has 0 aliphatic heterocycles. The summed E-state index contributed by atoms with van der Waals surface area (Å²) >= 11 is 0. The molecule has 0 aromatic rings. The van der Waals surface area contributed by atoms with Gasteiger partial charge >= 0.3 is 17.0 Å². The van der Waals surface area contributed by atoms with Crippen LogP contribution in [-0.2, 0) is 38.8 Å². The van der Waals surface area contributed by atoms with Gasteiger partial charge in [0.15, 0.2) is 11.6 Å². The Morgan fingerprint density at radius 3 is 1.45 bits per heavy atom. The predicted molar refractivity (Wildman–Crippen MR) is 92.8 cm³/mol. The van der Waals surface area contributed by atoms with Crippen molar-refractivity contribution in [2.24, 2.45) is 11.3 Å². The van der Waals surface area contributed by atoms with E-state index < -0.39 is 84.1 Å². The lowest BCUT2D eigenvalue weighted by atomic mass is 9.90. The standard InChI is InChI=1S/C15H20F6O8S2/c1-4-13(2,3)12(24)29-6-5-9(10(22)7-30(25,26)14(16,17)18)11(23)8-31(27,28)15(19,20)21/h9H,4-8H2,1-3H3. The molecule has 0 aliphatic carbocycles. The summed E-state index contributed by atoms with van der Waals surface area (Å²) in [5, 5.41) is 0. The zero-order valence-electron chi connectivity index (χ0n) is 16.5. The first kappa shape index (κ1) is 29.3. The number of rotatable bonds is 11. The summed E-state index contributed by atoms with van der Waals surface area (Å²) < 4.78 is 124. The van der Waals surface area contributed by atoms with Crippen molar-refractivity contribution < 1.29 is 62.3 Å². The average Bonchev–Trinajstić information content (AvgIpc) is 2.55. The largest absolute Gasteiger partial charge is 0.497 e. The van der Waals surface area contributed by atoms with E-state index in [-0.39, 0.29) is 6.42 Å². The molecule has 0 heterocycles. The maximum Gasteiger partial charge on any atom is 0.497 e. The smallest absolute Gasteiger partial charge is 0.465 e. The molecule has 0 aliphatic rings. The Hall–Kier alpha value is -1.71. The van der Waals surface area contributed by atoms with Crippen LogP contribution in [-0.4, -0.2) is 63.5 Å². The second-order valence-corrected chi connectivity index (χ2v) is 11.0. The molecule has 0 saturated heterocycles. The highest BCUT2D eigenvalue weighted by atomic mass is 32.2. The number of halogens is 6. The van der Waals surface area contributed by atoms with E-state index in [9.17, 15) is 57.6 Å². The molecular weight excluding hydrogens is 486 g/mol. The molecule has 16 heteroatoms. The molecule has 31 heavy (non-hydrogen) atoms. The number of carbonyl (C=O) groups excluding carboxylic acids is 3. The van der Waals surface area contributed by atoms with E-state index in [1.54, 1.807) is 6.92 Å². The molecule has 8 nitrogen and oxygen atoms in total. The number of ketones is 2. The van der Waals surface area contributed by atoms with E-state index in [0.29, 0.717) is 0 Å². The van der Waals surface area contributed by atoms with Gasteiger partial charge in [0, 0.05) is 0 Å². The minimum Gasteiger partial charge on any atom is -0.465 e. The second-order valence-electron chi connectivity index (χ2n) is 7.06. The van der Waals surface area contributed by atoms with Gasteiger partial charge in [-0.3, -0.25) is 14.4 Å². The van der Waals surface area contributed by atoms with E-state index in [0.717, 1.165) is 0 Å². The lowest BCUT2D eigenvalue weighted by Gasteiger charge is -2.21. The number of hydrogen-bond donors (Lipinski definition) is 0. The van der Waals surface area contributed by atoms with Gasteiger partial charge in [-0.15, -0.1) is 0 Å². The molecular formula is C15H20F6O8S2. The van der Waals surface area contributed by atoms with Crippen LogP contribution in [0.1, 0.15) is 33.6 Å². The van der Waals surface area contributed by atoms with Gasteiger partial charge in [-0.2, -0.15) is 26.3 Å². The van der Waals surface area contributed by atoms with Crippen molar-refractivity contribution in [2.45, 2.75) is 44.6 Å². The van der Waals surface area contributed by atoms with E-state index in [1.165, 1.54) is 13.8 Å². The van der Waals surface area contributed by atoms with Crippen LogP contribution in [0.5, 0.6) is 0 Å². The highest BCUT2D eigenvalue weighted by Gasteiger charge is 2.50.